The third-order valence-electron chi connectivity index (χ3n) is 4.99. The predicted octanol–water partition coefficient (Wildman–Crippen LogP) is 1.90. The zero-order chi connectivity index (χ0) is 20.8. The van der Waals surface area contributed by atoms with Crippen LogP contribution in [0.4, 0.5) is 4.39 Å². The Morgan fingerprint density at radius 3 is 2.41 bits per heavy atom. The molecule has 0 aromatic heterocycles. The maximum absolute atomic E-state index is 13.1. The van der Waals surface area contributed by atoms with Crippen molar-refractivity contribution in [2.45, 2.75) is 31.8 Å². The van der Waals surface area contributed by atoms with Crippen molar-refractivity contribution in [2.75, 3.05) is 13.1 Å². The fourth-order valence-corrected chi connectivity index (χ4v) is 3.37. The van der Waals surface area contributed by atoms with E-state index in [1.54, 1.807) is 4.90 Å². The molecule has 0 aliphatic carbocycles. The van der Waals surface area contributed by atoms with Crippen LogP contribution in [0.3, 0.4) is 0 Å². The Kier molecular flexibility index (Phi) is 6.59. The van der Waals surface area contributed by atoms with Crippen molar-refractivity contribution in [1.29, 1.82) is 0 Å². The summed E-state index contributed by atoms with van der Waals surface area (Å²) in [7, 11) is 0. The van der Waals surface area contributed by atoms with E-state index in [2.05, 4.69) is 10.6 Å². The quantitative estimate of drug-likeness (QED) is 0.782. The highest BCUT2D eigenvalue weighted by Gasteiger charge is 2.29. The van der Waals surface area contributed by atoms with Gasteiger partial charge in [0, 0.05) is 38.0 Å². The smallest absolute Gasteiger partial charge is 0.251 e. The van der Waals surface area contributed by atoms with E-state index in [1.165, 1.54) is 31.2 Å². The van der Waals surface area contributed by atoms with Crippen LogP contribution in [-0.2, 0) is 16.0 Å². The van der Waals surface area contributed by atoms with Crippen LogP contribution in [0.2, 0.25) is 0 Å². The number of carbonyl (C=O) groups is 3. The molecule has 3 amide bonds. The number of nitrogens with one attached hydrogen (secondary N) is 2. The standard InChI is InChI=1S/C22H24FN3O3/c1-15(27)26-12-11-19(14-26)24-22(29)20(13-16-5-3-2-4-6-16)25-21(28)17-7-9-18(23)10-8-17/h2-10,19-20H,11-14H2,1H3,(H,24,29)(H,25,28)/t19-,20+/m1/s1. The maximum atomic E-state index is 13.1. The van der Waals surface area contributed by atoms with Crippen LogP contribution in [0.25, 0.3) is 0 Å². The Balaban J connectivity index is 1.70. The third kappa shape index (κ3) is 5.63. The van der Waals surface area contributed by atoms with Gasteiger partial charge in [0.25, 0.3) is 5.91 Å². The maximum Gasteiger partial charge on any atom is 0.251 e. The normalized spacial score (nSPS) is 16.9. The van der Waals surface area contributed by atoms with E-state index in [-0.39, 0.29) is 23.4 Å². The molecule has 1 saturated heterocycles. The van der Waals surface area contributed by atoms with Crippen LogP contribution in [0.5, 0.6) is 0 Å². The first-order valence-corrected chi connectivity index (χ1v) is 9.58. The van der Waals surface area contributed by atoms with Crippen LogP contribution in [-0.4, -0.2) is 47.8 Å². The van der Waals surface area contributed by atoms with Gasteiger partial charge < -0.3 is 15.5 Å². The molecule has 2 aromatic rings. The topological polar surface area (TPSA) is 78.5 Å². The van der Waals surface area contributed by atoms with Crippen molar-refractivity contribution in [3.05, 3.63) is 71.5 Å². The van der Waals surface area contributed by atoms with Crippen LogP contribution < -0.4 is 10.6 Å². The molecule has 7 heteroatoms. The lowest BCUT2D eigenvalue weighted by atomic mass is 10.0. The number of likely N-dealkylation sites (tertiary alicyclic amines) is 1. The van der Waals surface area contributed by atoms with Gasteiger partial charge in [-0.1, -0.05) is 30.3 Å². The van der Waals surface area contributed by atoms with Crippen molar-refractivity contribution >= 4 is 17.7 Å². The number of carbonyl (C=O) groups excluding carboxylic acids is 3. The Morgan fingerprint density at radius 2 is 1.79 bits per heavy atom. The van der Waals surface area contributed by atoms with E-state index in [9.17, 15) is 18.8 Å². The van der Waals surface area contributed by atoms with Gasteiger partial charge in [0.05, 0.1) is 0 Å². The zero-order valence-electron chi connectivity index (χ0n) is 16.2. The molecule has 0 saturated carbocycles. The fraction of sp³-hybridized carbons (Fsp3) is 0.318. The highest BCUT2D eigenvalue weighted by molar-refractivity contribution is 5.97. The van der Waals surface area contributed by atoms with Crippen molar-refractivity contribution in [1.82, 2.24) is 15.5 Å². The minimum absolute atomic E-state index is 0.0211. The van der Waals surface area contributed by atoms with Gasteiger partial charge in [-0.25, -0.2) is 4.39 Å². The molecule has 1 aliphatic heterocycles. The summed E-state index contributed by atoms with van der Waals surface area (Å²) in [5.74, 6) is -1.21. The molecule has 1 aliphatic rings. The molecule has 0 radical (unpaired) electrons. The SMILES string of the molecule is CC(=O)N1CC[C@@H](NC(=O)[C@H](Cc2ccccc2)NC(=O)c2ccc(F)cc2)C1. The molecular weight excluding hydrogens is 373 g/mol. The van der Waals surface area contributed by atoms with Gasteiger partial charge in [0.1, 0.15) is 11.9 Å². The van der Waals surface area contributed by atoms with Crippen LogP contribution >= 0.6 is 0 Å². The molecule has 2 atom stereocenters. The van der Waals surface area contributed by atoms with Gasteiger partial charge >= 0.3 is 0 Å². The molecule has 2 aromatic carbocycles. The number of halogens is 1. The Bertz CT molecular complexity index is 871. The van der Waals surface area contributed by atoms with Crippen LogP contribution in [0.1, 0.15) is 29.3 Å². The van der Waals surface area contributed by atoms with Crippen LogP contribution in [0.15, 0.2) is 54.6 Å². The van der Waals surface area contributed by atoms with Gasteiger partial charge in [-0.15, -0.1) is 0 Å². The minimum atomic E-state index is -0.790. The molecule has 0 bridgehead atoms. The molecule has 152 valence electrons. The van der Waals surface area contributed by atoms with E-state index >= 15 is 0 Å². The molecular formula is C22H24FN3O3. The van der Waals surface area contributed by atoms with Gasteiger partial charge in [0.2, 0.25) is 11.8 Å². The molecule has 3 rings (SSSR count). The second-order valence-corrected chi connectivity index (χ2v) is 7.18. The number of benzene rings is 2. The Morgan fingerprint density at radius 1 is 1.10 bits per heavy atom. The lowest BCUT2D eigenvalue weighted by Crippen LogP contribution is -2.51. The van der Waals surface area contributed by atoms with Gasteiger partial charge in [-0.3, -0.25) is 14.4 Å². The minimum Gasteiger partial charge on any atom is -0.350 e. The van der Waals surface area contributed by atoms with Gasteiger partial charge in [0.15, 0.2) is 0 Å². The van der Waals surface area contributed by atoms with E-state index in [0.717, 1.165) is 5.56 Å². The van der Waals surface area contributed by atoms with E-state index < -0.39 is 17.8 Å². The first-order chi connectivity index (χ1) is 13.9. The molecule has 0 unspecified atom stereocenters. The molecule has 29 heavy (non-hydrogen) atoms. The van der Waals surface area contributed by atoms with Gasteiger partial charge in [-0.2, -0.15) is 0 Å². The summed E-state index contributed by atoms with van der Waals surface area (Å²) in [5, 5.41) is 5.70. The number of nitrogens with zero attached hydrogens (tertiary/aromatic N) is 1. The largest absolute Gasteiger partial charge is 0.350 e. The molecule has 6 nitrogen and oxygen atoms in total. The number of hydrogen-bond acceptors (Lipinski definition) is 3. The average molecular weight is 397 g/mol. The Labute approximate surface area is 169 Å². The monoisotopic (exact) mass is 397 g/mol. The van der Waals surface area contributed by atoms with Crippen molar-refractivity contribution in [3.63, 3.8) is 0 Å². The van der Waals surface area contributed by atoms with E-state index in [0.29, 0.717) is 25.9 Å². The summed E-state index contributed by atoms with van der Waals surface area (Å²) < 4.78 is 13.1. The lowest BCUT2D eigenvalue weighted by molar-refractivity contribution is -0.128. The molecule has 0 spiro atoms. The molecule has 2 N–H and O–H groups in total. The van der Waals surface area contributed by atoms with Crippen molar-refractivity contribution < 1.29 is 18.8 Å². The molecule has 1 heterocycles. The highest BCUT2D eigenvalue weighted by atomic mass is 19.1. The molecule has 1 fully saturated rings. The number of amides is 3. The summed E-state index contributed by atoms with van der Waals surface area (Å²) >= 11 is 0. The Hall–Kier alpha value is -3.22. The zero-order valence-corrected chi connectivity index (χ0v) is 16.2. The second-order valence-electron chi connectivity index (χ2n) is 7.18. The predicted molar refractivity (Wildman–Crippen MR) is 107 cm³/mol. The summed E-state index contributed by atoms with van der Waals surface area (Å²) in [5.41, 5.74) is 1.18. The van der Waals surface area contributed by atoms with Crippen molar-refractivity contribution in [3.8, 4) is 0 Å². The summed E-state index contributed by atoms with van der Waals surface area (Å²) in [4.78, 5) is 38.7. The third-order valence-corrected chi connectivity index (χ3v) is 4.99. The fourth-order valence-electron chi connectivity index (χ4n) is 3.37. The number of rotatable bonds is 6. The van der Waals surface area contributed by atoms with Crippen molar-refractivity contribution in [2.24, 2.45) is 0 Å². The highest BCUT2D eigenvalue weighted by Crippen LogP contribution is 2.11. The van der Waals surface area contributed by atoms with Crippen LogP contribution in [0, 0.1) is 5.82 Å². The average Bonchev–Trinajstić information content (AvgIpc) is 3.17. The first-order valence-electron chi connectivity index (χ1n) is 9.58. The first kappa shape index (κ1) is 20.5. The van der Waals surface area contributed by atoms with E-state index in [1.807, 2.05) is 30.3 Å². The van der Waals surface area contributed by atoms with Gasteiger partial charge in [-0.05, 0) is 36.2 Å². The van der Waals surface area contributed by atoms with E-state index in [4.69, 9.17) is 0 Å². The lowest BCUT2D eigenvalue weighted by Gasteiger charge is -2.21. The summed E-state index contributed by atoms with van der Waals surface area (Å²) in [6.07, 6.45) is 0.998. The second kappa shape index (κ2) is 9.32. The number of hydrogen-bond donors (Lipinski definition) is 2. The summed E-state index contributed by atoms with van der Waals surface area (Å²) in [6, 6.07) is 13.6. The summed E-state index contributed by atoms with van der Waals surface area (Å²) in [6.45, 7) is 2.57.